The third kappa shape index (κ3) is 2.61. The van der Waals surface area contributed by atoms with Gasteiger partial charge in [-0.05, 0) is 23.6 Å². The van der Waals surface area contributed by atoms with Gasteiger partial charge in [0.1, 0.15) is 0 Å². The molecular weight excluding hydrogens is 216 g/mol. The Labute approximate surface area is 101 Å². The zero-order valence-corrected chi connectivity index (χ0v) is 10.4. The highest BCUT2D eigenvalue weighted by atomic mass is 16.2. The zero-order chi connectivity index (χ0) is 12.5. The van der Waals surface area contributed by atoms with E-state index in [2.05, 4.69) is 24.1 Å². The van der Waals surface area contributed by atoms with E-state index in [9.17, 15) is 4.79 Å². The molecule has 0 spiro atoms. The summed E-state index contributed by atoms with van der Waals surface area (Å²) in [6.07, 6.45) is 3.79. The molecule has 5 nitrogen and oxygen atoms in total. The number of urea groups is 1. The second-order valence-corrected chi connectivity index (χ2v) is 5.40. The van der Waals surface area contributed by atoms with Crippen LogP contribution in [0, 0.1) is 5.41 Å². The molecule has 0 bridgehead atoms. The molecule has 0 aromatic carbocycles. The standard InChI is InChI=1S/C12H20N4O/c1-12(2,7-13)8-16-6-10(15-11(16)17)9-3-4-14-5-9/h3-5,10,14H,6-8,13H2,1-2H3,(H,15,17). The molecule has 0 saturated carbocycles. The van der Waals surface area contributed by atoms with Crippen LogP contribution in [0.25, 0.3) is 0 Å². The second-order valence-electron chi connectivity index (χ2n) is 5.40. The van der Waals surface area contributed by atoms with Crippen LogP contribution in [0.15, 0.2) is 18.5 Å². The lowest BCUT2D eigenvalue weighted by Gasteiger charge is -2.28. The number of nitrogens with two attached hydrogens (primary N) is 1. The van der Waals surface area contributed by atoms with Crippen LogP contribution in [0.2, 0.25) is 0 Å². The lowest BCUT2D eigenvalue weighted by atomic mass is 9.93. The SMILES string of the molecule is CC(C)(CN)CN1CC(c2cc[nH]c2)NC1=O. The number of carbonyl (C=O) groups is 1. The summed E-state index contributed by atoms with van der Waals surface area (Å²) in [5.41, 5.74) is 6.78. The van der Waals surface area contributed by atoms with Crippen LogP contribution in [-0.4, -0.2) is 35.5 Å². The third-order valence-electron chi connectivity index (χ3n) is 3.18. The average molecular weight is 236 g/mol. The van der Waals surface area contributed by atoms with Gasteiger partial charge in [0.05, 0.1) is 6.04 Å². The summed E-state index contributed by atoms with van der Waals surface area (Å²) in [5, 5.41) is 2.98. The summed E-state index contributed by atoms with van der Waals surface area (Å²) in [5.74, 6) is 0. The summed E-state index contributed by atoms with van der Waals surface area (Å²) >= 11 is 0. The third-order valence-corrected chi connectivity index (χ3v) is 3.18. The van der Waals surface area contributed by atoms with Crippen molar-refractivity contribution in [3.8, 4) is 0 Å². The monoisotopic (exact) mass is 236 g/mol. The van der Waals surface area contributed by atoms with E-state index in [-0.39, 0.29) is 17.5 Å². The highest BCUT2D eigenvalue weighted by molar-refractivity contribution is 5.77. The number of rotatable bonds is 4. The number of hydrogen-bond acceptors (Lipinski definition) is 2. The Bertz CT molecular complexity index is 385. The summed E-state index contributed by atoms with van der Waals surface area (Å²) in [6.45, 7) is 6.12. The number of H-pyrrole nitrogens is 1. The van der Waals surface area contributed by atoms with Gasteiger partial charge in [-0.3, -0.25) is 0 Å². The van der Waals surface area contributed by atoms with Crippen molar-refractivity contribution in [1.82, 2.24) is 15.2 Å². The van der Waals surface area contributed by atoms with Gasteiger partial charge in [-0.15, -0.1) is 0 Å². The van der Waals surface area contributed by atoms with E-state index in [1.807, 2.05) is 23.4 Å². The first-order valence-electron chi connectivity index (χ1n) is 5.90. The van der Waals surface area contributed by atoms with E-state index in [0.717, 1.165) is 5.56 Å². The van der Waals surface area contributed by atoms with Gasteiger partial charge in [0, 0.05) is 25.5 Å². The minimum absolute atomic E-state index is 0.00211. The van der Waals surface area contributed by atoms with Gasteiger partial charge in [-0.1, -0.05) is 13.8 Å². The summed E-state index contributed by atoms with van der Waals surface area (Å²) < 4.78 is 0. The van der Waals surface area contributed by atoms with Gasteiger partial charge < -0.3 is 20.9 Å². The number of nitrogens with zero attached hydrogens (tertiary/aromatic N) is 1. The number of amides is 2. The molecule has 94 valence electrons. The molecule has 1 aliphatic rings. The van der Waals surface area contributed by atoms with E-state index in [0.29, 0.717) is 19.6 Å². The van der Waals surface area contributed by atoms with E-state index in [1.54, 1.807) is 0 Å². The van der Waals surface area contributed by atoms with Crippen molar-refractivity contribution in [2.24, 2.45) is 11.1 Å². The Morgan fingerprint density at radius 3 is 2.94 bits per heavy atom. The molecule has 1 aliphatic heterocycles. The van der Waals surface area contributed by atoms with Crippen LogP contribution < -0.4 is 11.1 Å². The van der Waals surface area contributed by atoms with Crippen LogP contribution in [0.5, 0.6) is 0 Å². The Hall–Kier alpha value is -1.49. The van der Waals surface area contributed by atoms with Crippen LogP contribution in [0.1, 0.15) is 25.5 Å². The first-order chi connectivity index (χ1) is 8.02. The highest BCUT2D eigenvalue weighted by Gasteiger charge is 2.33. The molecule has 1 fully saturated rings. The van der Waals surface area contributed by atoms with Crippen molar-refractivity contribution in [2.45, 2.75) is 19.9 Å². The van der Waals surface area contributed by atoms with Crippen LogP contribution in [-0.2, 0) is 0 Å². The molecule has 1 unspecified atom stereocenters. The lowest BCUT2D eigenvalue weighted by Crippen LogP contribution is -2.40. The summed E-state index contributed by atoms with van der Waals surface area (Å²) in [7, 11) is 0. The molecule has 2 rings (SSSR count). The minimum Gasteiger partial charge on any atom is -0.367 e. The van der Waals surface area contributed by atoms with Crippen LogP contribution >= 0.6 is 0 Å². The molecule has 1 aromatic rings. The predicted molar refractivity (Wildman–Crippen MR) is 66.5 cm³/mol. The van der Waals surface area contributed by atoms with Crippen molar-refractivity contribution in [1.29, 1.82) is 0 Å². The minimum atomic E-state index is -0.0373. The van der Waals surface area contributed by atoms with Crippen LogP contribution in [0.4, 0.5) is 4.79 Å². The maximum Gasteiger partial charge on any atom is 0.318 e. The Balaban J connectivity index is 2.01. The normalized spacial score (nSPS) is 20.8. The Morgan fingerprint density at radius 2 is 2.35 bits per heavy atom. The quantitative estimate of drug-likeness (QED) is 0.731. The largest absolute Gasteiger partial charge is 0.367 e. The van der Waals surface area contributed by atoms with Crippen LogP contribution in [0.3, 0.4) is 0 Å². The summed E-state index contributed by atoms with van der Waals surface area (Å²) in [4.78, 5) is 16.7. The fourth-order valence-corrected chi connectivity index (χ4v) is 2.05. The maximum atomic E-state index is 11.8. The van der Waals surface area contributed by atoms with Gasteiger partial charge in [0.2, 0.25) is 0 Å². The fourth-order valence-electron chi connectivity index (χ4n) is 2.05. The molecule has 0 radical (unpaired) electrons. The highest BCUT2D eigenvalue weighted by Crippen LogP contribution is 2.23. The fraction of sp³-hybridized carbons (Fsp3) is 0.583. The molecule has 1 saturated heterocycles. The molecule has 5 heteroatoms. The van der Waals surface area contributed by atoms with E-state index >= 15 is 0 Å². The van der Waals surface area contributed by atoms with Gasteiger partial charge in [-0.2, -0.15) is 0 Å². The Kier molecular flexibility index (Phi) is 3.11. The first kappa shape index (κ1) is 12.0. The molecule has 0 aliphatic carbocycles. The number of hydrogen-bond donors (Lipinski definition) is 3. The number of nitrogens with one attached hydrogen (secondary N) is 2. The maximum absolute atomic E-state index is 11.8. The van der Waals surface area contributed by atoms with Gasteiger partial charge >= 0.3 is 6.03 Å². The van der Waals surface area contributed by atoms with Crippen molar-refractivity contribution in [2.75, 3.05) is 19.6 Å². The zero-order valence-electron chi connectivity index (χ0n) is 10.4. The molecule has 2 amide bonds. The molecule has 2 heterocycles. The van der Waals surface area contributed by atoms with E-state index in [4.69, 9.17) is 5.73 Å². The van der Waals surface area contributed by atoms with Crippen molar-refractivity contribution in [3.05, 3.63) is 24.0 Å². The first-order valence-corrected chi connectivity index (χ1v) is 5.90. The molecular formula is C12H20N4O. The van der Waals surface area contributed by atoms with Crippen molar-refractivity contribution in [3.63, 3.8) is 0 Å². The van der Waals surface area contributed by atoms with E-state index < -0.39 is 0 Å². The lowest BCUT2D eigenvalue weighted by molar-refractivity contribution is 0.191. The van der Waals surface area contributed by atoms with E-state index in [1.165, 1.54) is 0 Å². The van der Waals surface area contributed by atoms with Gasteiger partial charge in [0.15, 0.2) is 0 Å². The van der Waals surface area contributed by atoms with Crippen molar-refractivity contribution >= 4 is 6.03 Å². The molecule has 1 atom stereocenters. The van der Waals surface area contributed by atoms with Gasteiger partial charge in [-0.25, -0.2) is 4.79 Å². The number of aromatic amines is 1. The molecule has 4 N–H and O–H groups in total. The average Bonchev–Trinajstić information content (AvgIpc) is 2.89. The predicted octanol–water partition coefficient (Wildman–Crippen LogP) is 1.07. The number of carbonyl (C=O) groups excluding carboxylic acids is 1. The van der Waals surface area contributed by atoms with Crippen molar-refractivity contribution < 1.29 is 4.79 Å². The topological polar surface area (TPSA) is 74.2 Å². The smallest absolute Gasteiger partial charge is 0.318 e. The number of aromatic nitrogens is 1. The van der Waals surface area contributed by atoms with Gasteiger partial charge in [0.25, 0.3) is 0 Å². The molecule has 17 heavy (non-hydrogen) atoms. The summed E-state index contributed by atoms with van der Waals surface area (Å²) in [6, 6.07) is 2.07. The second kappa shape index (κ2) is 4.41. The molecule has 1 aromatic heterocycles. The Morgan fingerprint density at radius 1 is 1.59 bits per heavy atom.